The van der Waals surface area contributed by atoms with Gasteiger partial charge < -0.3 is 5.32 Å². The summed E-state index contributed by atoms with van der Waals surface area (Å²) in [5.41, 5.74) is -0.412. The molecule has 134 valence electrons. The number of nitrogens with one attached hydrogen (secondary N) is 1. The lowest BCUT2D eigenvalue weighted by molar-refractivity contribution is -0.139. The van der Waals surface area contributed by atoms with Crippen LogP contribution in [0.2, 0.25) is 0 Å². The van der Waals surface area contributed by atoms with Crippen LogP contribution in [-0.4, -0.2) is 16.8 Å². The van der Waals surface area contributed by atoms with Crippen LogP contribution in [0.3, 0.4) is 0 Å². The quantitative estimate of drug-likeness (QED) is 0.832. The number of hydrogen-bond donors (Lipinski definition) is 1. The summed E-state index contributed by atoms with van der Waals surface area (Å²) in [6.07, 6.45) is -3.50. The van der Waals surface area contributed by atoms with E-state index in [-0.39, 0.29) is 5.56 Å². The van der Waals surface area contributed by atoms with E-state index in [0.717, 1.165) is 22.1 Å². The first-order valence-corrected chi connectivity index (χ1v) is 8.20. The summed E-state index contributed by atoms with van der Waals surface area (Å²) < 4.78 is 39.6. The molecule has 2 aromatic rings. The van der Waals surface area contributed by atoms with Crippen LogP contribution in [0.15, 0.2) is 48.5 Å². The molecule has 4 rings (SSSR count). The molecule has 4 nitrogen and oxygen atoms in total. The Bertz CT molecular complexity index is 910. The van der Waals surface area contributed by atoms with Gasteiger partial charge >= 0.3 is 12.2 Å². The second kappa shape index (κ2) is 5.59. The lowest BCUT2D eigenvalue weighted by atomic mass is 9.91. The fourth-order valence-corrected chi connectivity index (χ4v) is 3.84. The fourth-order valence-electron chi connectivity index (χ4n) is 3.84. The van der Waals surface area contributed by atoms with Gasteiger partial charge in [-0.2, -0.15) is 13.2 Å². The third-order valence-electron chi connectivity index (χ3n) is 5.07. The van der Waals surface area contributed by atoms with Crippen molar-refractivity contribution in [3.63, 3.8) is 0 Å². The third-order valence-corrected chi connectivity index (χ3v) is 5.07. The number of alkyl halides is 3. The molecular weight excluding hydrogens is 345 g/mol. The summed E-state index contributed by atoms with van der Waals surface area (Å²) in [7, 11) is 0. The number of imide groups is 1. The molecule has 0 saturated carbocycles. The highest BCUT2D eigenvalue weighted by molar-refractivity contribution is 6.08. The molecule has 2 aliphatic rings. The van der Waals surface area contributed by atoms with Crippen LogP contribution in [0.1, 0.15) is 28.7 Å². The molecule has 0 aromatic heterocycles. The third kappa shape index (κ3) is 2.38. The average Bonchev–Trinajstić information content (AvgIpc) is 3.09. The van der Waals surface area contributed by atoms with Crippen LogP contribution in [0.4, 0.5) is 18.0 Å². The standard InChI is InChI=1S/C19H15F3N2O2/c20-19(21,22)15-8-4-2-6-13(15)11-24-16(25)18(23-17(24)26)10-9-12-5-1-3-7-14(12)18/h1-8H,9-11H2,(H,23,26)/t18-/m0/s1. The minimum Gasteiger partial charge on any atom is -0.319 e. The number of aryl methyl sites for hydroxylation is 1. The van der Waals surface area contributed by atoms with Gasteiger partial charge in [0.15, 0.2) is 0 Å². The Hall–Kier alpha value is -2.83. The Morgan fingerprint density at radius 1 is 1.04 bits per heavy atom. The number of urea groups is 1. The second-order valence-electron chi connectivity index (χ2n) is 6.54. The van der Waals surface area contributed by atoms with E-state index in [1.807, 2.05) is 12.1 Å². The minimum absolute atomic E-state index is 0.105. The van der Waals surface area contributed by atoms with E-state index in [2.05, 4.69) is 5.32 Å². The largest absolute Gasteiger partial charge is 0.416 e. The molecule has 1 spiro atoms. The van der Waals surface area contributed by atoms with Crippen molar-refractivity contribution in [1.82, 2.24) is 10.2 Å². The number of amides is 3. The molecule has 1 aliphatic carbocycles. The fraction of sp³-hybridized carbons (Fsp3) is 0.263. The van der Waals surface area contributed by atoms with E-state index in [4.69, 9.17) is 0 Å². The Balaban J connectivity index is 1.69. The van der Waals surface area contributed by atoms with Gasteiger partial charge in [-0.15, -0.1) is 0 Å². The summed E-state index contributed by atoms with van der Waals surface area (Å²) in [5.74, 6) is -0.496. The molecule has 0 radical (unpaired) electrons. The van der Waals surface area contributed by atoms with Crippen molar-refractivity contribution in [1.29, 1.82) is 0 Å². The van der Waals surface area contributed by atoms with Crippen molar-refractivity contribution in [2.45, 2.75) is 31.1 Å². The normalized spacial score (nSPS) is 22.0. The van der Waals surface area contributed by atoms with Gasteiger partial charge in [-0.1, -0.05) is 42.5 Å². The lowest BCUT2D eigenvalue weighted by Gasteiger charge is -2.22. The van der Waals surface area contributed by atoms with Gasteiger partial charge in [-0.25, -0.2) is 4.79 Å². The number of fused-ring (bicyclic) bond motifs is 2. The molecule has 2 aromatic carbocycles. The Labute approximate surface area is 147 Å². The first-order chi connectivity index (χ1) is 12.3. The Morgan fingerprint density at radius 2 is 1.73 bits per heavy atom. The molecule has 0 bridgehead atoms. The van der Waals surface area contributed by atoms with E-state index >= 15 is 0 Å². The van der Waals surface area contributed by atoms with E-state index < -0.39 is 35.8 Å². The highest BCUT2D eigenvalue weighted by Crippen LogP contribution is 2.42. The summed E-state index contributed by atoms with van der Waals surface area (Å²) in [4.78, 5) is 26.3. The number of carbonyl (C=O) groups excluding carboxylic acids is 2. The SMILES string of the molecule is O=C1N[C@]2(CCc3ccccc32)C(=O)N1Cc1ccccc1C(F)(F)F. The predicted octanol–water partition coefficient (Wildman–Crippen LogP) is 3.60. The molecule has 1 atom stereocenters. The van der Waals surface area contributed by atoms with E-state index in [1.54, 1.807) is 12.1 Å². The van der Waals surface area contributed by atoms with E-state index in [0.29, 0.717) is 12.8 Å². The van der Waals surface area contributed by atoms with Crippen molar-refractivity contribution in [2.24, 2.45) is 0 Å². The average molecular weight is 360 g/mol. The van der Waals surface area contributed by atoms with Crippen molar-refractivity contribution >= 4 is 11.9 Å². The van der Waals surface area contributed by atoms with Crippen molar-refractivity contribution in [3.8, 4) is 0 Å². The van der Waals surface area contributed by atoms with Crippen molar-refractivity contribution in [2.75, 3.05) is 0 Å². The molecule has 1 N–H and O–H groups in total. The summed E-state index contributed by atoms with van der Waals surface area (Å²) >= 11 is 0. The zero-order valence-corrected chi connectivity index (χ0v) is 13.6. The van der Waals surface area contributed by atoms with E-state index in [9.17, 15) is 22.8 Å². The monoisotopic (exact) mass is 360 g/mol. The van der Waals surface area contributed by atoms with Crippen molar-refractivity contribution < 1.29 is 22.8 Å². The van der Waals surface area contributed by atoms with Crippen LogP contribution in [0.25, 0.3) is 0 Å². The van der Waals surface area contributed by atoms with Crippen LogP contribution >= 0.6 is 0 Å². The zero-order valence-electron chi connectivity index (χ0n) is 13.6. The highest BCUT2D eigenvalue weighted by Gasteiger charge is 2.55. The second-order valence-corrected chi connectivity index (χ2v) is 6.54. The molecule has 7 heteroatoms. The highest BCUT2D eigenvalue weighted by atomic mass is 19.4. The van der Waals surface area contributed by atoms with Gasteiger partial charge in [0.1, 0.15) is 5.54 Å². The van der Waals surface area contributed by atoms with Gasteiger partial charge in [0.05, 0.1) is 12.1 Å². The van der Waals surface area contributed by atoms with Gasteiger partial charge in [0.2, 0.25) is 0 Å². The maximum atomic E-state index is 13.2. The van der Waals surface area contributed by atoms with Gasteiger partial charge in [0, 0.05) is 0 Å². The molecule has 0 unspecified atom stereocenters. The first kappa shape index (κ1) is 16.6. The number of benzene rings is 2. The van der Waals surface area contributed by atoms with Crippen LogP contribution in [-0.2, 0) is 29.5 Å². The number of carbonyl (C=O) groups is 2. The molecule has 1 aliphatic heterocycles. The van der Waals surface area contributed by atoms with Crippen LogP contribution in [0.5, 0.6) is 0 Å². The Kier molecular flexibility index (Phi) is 3.57. The van der Waals surface area contributed by atoms with Gasteiger partial charge in [0.25, 0.3) is 5.91 Å². The van der Waals surface area contributed by atoms with Gasteiger partial charge in [-0.05, 0) is 35.6 Å². The Morgan fingerprint density at radius 3 is 2.50 bits per heavy atom. The summed E-state index contributed by atoms with van der Waals surface area (Å²) in [5, 5.41) is 2.72. The number of halogens is 3. The smallest absolute Gasteiger partial charge is 0.319 e. The first-order valence-electron chi connectivity index (χ1n) is 8.20. The molecule has 1 heterocycles. The molecule has 1 saturated heterocycles. The number of nitrogens with zero attached hydrogens (tertiary/aromatic N) is 1. The summed E-state index contributed by atoms with van der Waals surface area (Å²) in [6, 6.07) is 11.6. The lowest BCUT2D eigenvalue weighted by Crippen LogP contribution is -2.41. The van der Waals surface area contributed by atoms with Crippen molar-refractivity contribution in [3.05, 3.63) is 70.8 Å². The summed E-state index contributed by atoms with van der Waals surface area (Å²) in [6.45, 7) is -0.412. The molecule has 1 fully saturated rings. The van der Waals surface area contributed by atoms with Crippen LogP contribution < -0.4 is 5.32 Å². The molecular formula is C19H15F3N2O2. The molecule has 26 heavy (non-hydrogen) atoms. The number of hydrogen-bond acceptors (Lipinski definition) is 2. The number of rotatable bonds is 2. The maximum Gasteiger partial charge on any atom is 0.416 e. The predicted molar refractivity (Wildman–Crippen MR) is 87.0 cm³/mol. The molecule has 3 amide bonds. The van der Waals surface area contributed by atoms with E-state index in [1.165, 1.54) is 18.2 Å². The van der Waals surface area contributed by atoms with Gasteiger partial charge in [-0.3, -0.25) is 9.69 Å². The topological polar surface area (TPSA) is 49.4 Å². The van der Waals surface area contributed by atoms with Crippen LogP contribution in [0, 0.1) is 0 Å². The zero-order chi connectivity index (χ0) is 18.5. The minimum atomic E-state index is -4.55. The maximum absolute atomic E-state index is 13.2.